The molecule has 0 saturated heterocycles. The van der Waals surface area contributed by atoms with Gasteiger partial charge in [-0.1, -0.05) is 0 Å². The van der Waals surface area contributed by atoms with E-state index in [0.29, 0.717) is 12.1 Å². The van der Waals surface area contributed by atoms with Crippen LogP contribution in [-0.2, 0) is 9.59 Å². The number of hydrogen-bond donors (Lipinski definition) is 3. The highest BCUT2D eigenvalue weighted by atomic mass is 16.3. The Kier molecular flexibility index (Phi) is 6.52. The minimum atomic E-state index is -0.332. The average Bonchev–Trinajstić information content (AvgIpc) is 2.46. The van der Waals surface area contributed by atoms with Crippen LogP contribution in [0, 0.1) is 0 Å². The highest BCUT2D eigenvalue weighted by molar-refractivity contribution is 6.15. The molecule has 0 saturated carbocycles. The maximum absolute atomic E-state index is 11.0. The van der Waals surface area contributed by atoms with Crippen molar-refractivity contribution >= 4 is 11.8 Å². The van der Waals surface area contributed by atoms with Gasteiger partial charge in [0, 0.05) is 18.2 Å². The fourth-order valence-electron chi connectivity index (χ4n) is 0.950. The summed E-state index contributed by atoms with van der Waals surface area (Å²) in [6, 6.07) is 0. The number of rotatable bonds is 3. The SMILES string of the molecule is CC1=CC(=O)N(CCO)C1=O.NCCO. The Labute approximate surface area is 88.0 Å². The topological polar surface area (TPSA) is 104 Å². The number of amides is 2. The van der Waals surface area contributed by atoms with Gasteiger partial charge in [0.1, 0.15) is 0 Å². The number of β-amino-alcohol motifs (C(OH)–C–C–N with tert-alkyl or cyclic N) is 1. The van der Waals surface area contributed by atoms with E-state index in [0.717, 1.165) is 4.90 Å². The zero-order valence-corrected chi connectivity index (χ0v) is 8.64. The minimum absolute atomic E-state index is 0.0888. The van der Waals surface area contributed by atoms with E-state index < -0.39 is 0 Å². The van der Waals surface area contributed by atoms with Crippen molar-refractivity contribution in [1.82, 2.24) is 4.90 Å². The number of hydrogen-bond acceptors (Lipinski definition) is 5. The number of imide groups is 1. The van der Waals surface area contributed by atoms with Crippen molar-refractivity contribution in [1.29, 1.82) is 0 Å². The molecule has 0 radical (unpaired) electrons. The summed E-state index contributed by atoms with van der Waals surface area (Å²) in [5.74, 6) is -0.634. The summed E-state index contributed by atoms with van der Waals surface area (Å²) in [5.41, 5.74) is 5.21. The lowest BCUT2D eigenvalue weighted by molar-refractivity contribution is -0.137. The molecule has 1 heterocycles. The molecule has 1 aliphatic heterocycles. The summed E-state index contributed by atoms with van der Waals surface area (Å²) in [7, 11) is 0. The second-order valence-corrected chi connectivity index (χ2v) is 2.86. The van der Waals surface area contributed by atoms with Gasteiger partial charge >= 0.3 is 0 Å². The molecule has 2 amide bonds. The van der Waals surface area contributed by atoms with Gasteiger partial charge in [-0.2, -0.15) is 0 Å². The molecule has 86 valence electrons. The Morgan fingerprint density at radius 2 is 1.87 bits per heavy atom. The first-order valence-electron chi connectivity index (χ1n) is 4.54. The summed E-state index contributed by atoms with van der Waals surface area (Å²) >= 11 is 0. The molecule has 1 aliphatic rings. The molecule has 4 N–H and O–H groups in total. The summed E-state index contributed by atoms with van der Waals surface area (Å²) in [4.78, 5) is 23.0. The van der Waals surface area contributed by atoms with Crippen LogP contribution < -0.4 is 5.73 Å². The van der Waals surface area contributed by atoms with Gasteiger partial charge in [-0.05, 0) is 6.92 Å². The monoisotopic (exact) mass is 216 g/mol. The fourth-order valence-corrected chi connectivity index (χ4v) is 0.950. The van der Waals surface area contributed by atoms with Crippen molar-refractivity contribution in [3.05, 3.63) is 11.6 Å². The smallest absolute Gasteiger partial charge is 0.256 e. The highest BCUT2D eigenvalue weighted by Crippen LogP contribution is 2.10. The molecule has 0 bridgehead atoms. The van der Waals surface area contributed by atoms with Crippen molar-refractivity contribution < 1.29 is 19.8 Å². The van der Waals surface area contributed by atoms with Crippen LogP contribution >= 0.6 is 0 Å². The van der Waals surface area contributed by atoms with Crippen molar-refractivity contribution in [2.75, 3.05) is 26.3 Å². The van der Waals surface area contributed by atoms with Crippen LogP contribution in [0.5, 0.6) is 0 Å². The lowest BCUT2D eigenvalue weighted by atomic mass is 10.3. The highest BCUT2D eigenvalue weighted by Gasteiger charge is 2.27. The molecule has 15 heavy (non-hydrogen) atoms. The number of carbonyl (C=O) groups is 2. The van der Waals surface area contributed by atoms with Gasteiger partial charge in [-0.3, -0.25) is 14.5 Å². The van der Waals surface area contributed by atoms with E-state index in [-0.39, 0.29) is 31.6 Å². The average molecular weight is 216 g/mol. The van der Waals surface area contributed by atoms with Crippen LogP contribution in [0.15, 0.2) is 11.6 Å². The quantitative estimate of drug-likeness (QED) is 0.484. The standard InChI is InChI=1S/C7H9NO3.C2H7NO/c1-5-4-6(10)8(2-3-9)7(5)11;3-1-2-4/h4,9H,2-3H2,1H3;4H,1-3H2. The normalized spacial score (nSPS) is 14.9. The molecule has 0 aromatic heterocycles. The van der Waals surface area contributed by atoms with Crippen LogP contribution in [0.3, 0.4) is 0 Å². The minimum Gasteiger partial charge on any atom is -0.395 e. The van der Waals surface area contributed by atoms with Crippen LogP contribution in [0.2, 0.25) is 0 Å². The van der Waals surface area contributed by atoms with E-state index in [1.165, 1.54) is 6.08 Å². The first-order valence-corrected chi connectivity index (χ1v) is 4.54. The Morgan fingerprint density at radius 1 is 1.33 bits per heavy atom. The van der Waals surface area contributed by atoms with E-state index in [1.54, 1.807) is 6.92 Å². The summed E-state index contributed by atoms with van der Waals surface area (Å²) < 4.78 is 0. The van der Waals surface area contributed by atoms with Gasteiger partial charge in [-0.15, -0.1) is 0 Å². The number of carbonyl (C=O) groups excluding carboxylic acids is 2. The van der Waals surface area contributed by atoms with E-state index in [1.807, 2.05) is 0 Å². The molecule has 0 aromatic rings. The van der Waals surface area contributed by atoms with Gasteiger partial charge in [-0.25, -0.2) is 0 Å². The first-order chi connectivity index (χ1) is 7.08. The summed E-state index contributed by atoms with van der Waals surface area (Å²) in [5, 5.41) is 16.2. The lowest BCUT2D eigenvalue weighted by Crippen LogP contribution is -2.33. The van der Waals surface area contributed by atoms with Crippen molar-refractivity contribution in [2.24, 2.45) is 5.73 Å². The molecular weight excluding hydrogens is 200 g/mol. The third-order valence-corrected chi connectivity index (χ3v) is 1.64. The van der Waals surface area contributed by atoms with Crippen LogP contribution in [-0.4, -0.2) is 53.2 Å². The van der Waals surface area contributed by atoms with Crippen molar-refractivity contribution in [3.8, 4) is 0 Å². The fraction of sp³-hybridized carbons (Fsp3) is 0.556. The van der Waals surface area contributed by atoms with Crippen LogP contribution in [0.25, 0.3) is 0 Å². The van der Waals surface area contributed by atoms with Crippen molar-refractivity contribution in [3.63, 3.8) is 0 Å². The molecule has 0 spiro atoms. The summed E-state index contributed by atoms with van der Waals surface area (Å²) in [6.45, 7) is 1.96. The van der Waals surface area contributed by atoms with E-state index in [2.05, 4.69) is 0 Å². The molecule has 6 heteroatoms. The molecule has 6 nitrogen and oxygen atoms in total. The van der Waals surface area contributed by atoms with Gasteiger partial charge in [0.05, 0.1) is 19.8 Å². The van der Waals surface area contributed by atoms with Gasteiger partial charge in [0.25, 0.3) is 11.8 Å². The zero-order chi connectivity index (χ0) is 11.8. The molecule has 1 rings (SSSR count). The van der Waals surface area contributed by atoms with E-state index >= 15 is 0 Å². The predicted molar refractivity (Wildman–Crippen MR) is 53.7 cm³/mol. The maximum atomic E-state index is 11.0. The molecule has 0 aliphatic carbocycles. The lowest BCUT2D eigenvalue weighted by Gasteiger charge is -2.11. The number of aliphatic hydroxyl groups excluding tert-OH is 2. The summed E-state index contributed by atoms with van der Waals surface area (Å²) in [6.07, 6.45) is 1.28. The molecule has 0 aromatic carbocycles. The van der Waals surface area contributed by atoms with Gasteiger partial charge in [0.15, 0.2) is 0 Å². The third-order valence-electron chi connectivity index (χ3n) is 1.64. The molecule has 0 unspecified atom stereocenters. The number of nitrogens with zero attached hydrogens (tertiary/aromatic N) is 1. The van der Waals surface area contributed by atoms with E-state index in [4.69, 9.17) is 15.9 Å². The number of aliphatic hydroxyl groups is 2. The van der Waals surface area contributed by atoms with Gasteiger partial charge in [0.2, 0.25) is 0 Å². The largest absolute Gasteiger partial charge is 0.395 e. The Morgan fingerprint density at radius 3 is 2.13 bits per heavy atom. The van der Waals surface area contributed by atoms with Crippen molar-refractivity contribution in [2.45, 2.75) is 6.92 Å². The Bertz CT molecular complexity index is 261. The van der Waals surface area contributed by atoms with Gasteiger partial charge < -0.3 is 15.9 Å². The second kappa shape index (κ2) is 7.10. The Hall–Kier alpha value is -1.24. The first kappa shape index (κ1) is 13.8. The zero-order valence-electron chi connectivity index (χ0n) is 8.64. The second-order valence-electron chi connectivity index (χ2n) is 2.86. The van der Waals surface area contributed by atoms with E-state index in [9.17, 15) is 9.59 Å². The number of nitrogens with two attached hydrogens (primary N) is 1. The van der Waals surface area contributed by atoms with Crippen LogP contribution in [0.1, 0.15) is 6.92 Å². The Balaban J connectivity index is 0.000000423. The molecular formula is C9H16N2O4. The van der Waals surface area contributed by atoms with Crippen LogP contribution in [0.4, 0.5) is 0 Å². The third kappa shape index (κ3) is 4.20. The molecule has 0 fully saturated rings. The predicted octanol–water partition coefficient (Wildman–Crippen LogP) is -1.77. The maximum Gasteiger partial charge on any atom is 0.256 e. The molecule has 0 atom stereocenters.